The van der Waals surface area contributed by atoms with Gasteiger partial charge in [0, 0.05) is 43.8 Å². The number of aliphatic hydroxyl groups is 1. The fraction of sp³-hybridized carbons (Fsp3) is 0.600. The number of aliphatic hydroxyl groups excluding tert-OH is 1. The Morgan fingerprint density at radius 3 is 1.81 bits per heavy atom. The fourth-order valence-corrected chi connectivity index (χ4v) is 6.30. The normalized spacial score (nSPS) is 20.5. The molecule has 7 heteroatoms. The van der Waals surface area contributed by atoms with Crippen molar-refractivity contribution in [3.8, 4) is 0 Å². The quantitative estimate of drug-likeness (QED) is 0.363. The van der Waals surface area contributed by atoms with Gasteiger partial charge < -0.3 is 15.7 Å². The molecule has 2 heterocycles. The largest absolute Gasteiger partial charge is 0.393 e. The second-order valence-electron chi connectivity index (χ2n) is 11.0. The minimum atomic E-state index is -0.196. The van der Waals surface area contributed by atoms with Gasteiger partial charge in [0.15, 0.2) is 0 Å². The Morgan fingerprint density at radius 1 is 0.838 bits per heavy atom. The molecule has 204 valence electrons. The number of hydrogen-bond donors (Lipinski definition) is 3. The maximum Gasteiger partial charge on any atom is 0.123 e. The van der Waals surface area contributed by atoms with Crippen LogP contribution in [0.25, 0.3) is 0 Å². The van der Waals surface area contributed by atoms with Crippen LogP contribution in [0.4, 0.5) is 8.78 Å². The van der Waals surface area contributed by atoms with Crippen molar-refractivity contribution in [1.29, 1.82) is 0 Å². The molecule has 0 spiro atoms. The lowest BCUT2D eigenvalue weighted by Crippen LogP contribution is -2.71. The number of rotatable bonds is 13. The summed E-state index contributed by atoms with van der Waals surface area (Å²) in [6.07, 6.45) is 6.91. The van der Waals surface area contributed by atoms with Gasteiger partial charge in [-0.2, -0.15) is 0 Å². The van der Waals surface area contributed by atoms with E-state index in [0.29, 0.717) is 0 Å². The lowest BCUT2D eigenvalue weighted by Gasteiger charge is -2.58. The Bertz CT molecular complexity index is 941. The van der Waals surface area contributed by atoms with Crippen LogP contribution < -0.4 is 10.6 Å². The van der Waals surface area contributed by atoms with Crippen molar-refractivity contribution >= 4 is 0 Å². The van der Waals surface area contributed by atoms with Crippen molar-refractivity contribution in [1.82, 2.24) is 20.4 Å². The minimum Gasteiger partial charge on any atom is -0.393 e. The topological polar surface area (TPSA) is 50.8 Å². The fourth-order valence-electron chi connectivity index (χ4n) is 6.30. The molecule has 0 aliphatic carbocycles. The second kappa shape index (κ2) is 13.3. The predicted octanol–water partition coefficient (Wildman–Crippen LogP) is 4.65. The molecule has 2 aliphatic rings. The average molecular weight is 515 g/mol. The van der Waals surface area contributed by atoms with Gasteiger partial charge in [0.1, 0.15) is 11.6 Å². The highest BCUT2D eigenvalue weighted by Crippen LogP contribution is 2.36. The third-order valence-electron chi connectivity index (χ3n) is 8.51. The number of halogens is 2. The van der Waals surface area contributed by atoms with Crippen molar-refractivity contribution in [3.63, 3.8) is 0 Å². The molecule has 2 unspecified atom stereocenters. The van der Waals surface area contributed by atoms with Crippen molar-refractivity contribution < 1.29 is 13.9 Å². The highest BCUT2D eigenvalue weighted by atomic mass is 19.1. The third kappa shape index (κ3) is 7.36. The third-order valence-corrected chi connectivity index (χ3v) is 8.51. The molecule has 0 radical (unpaired) electrons. The highest BCUT2D eigenvalue weighted by Gasteiger charge is 2.47. The summed E-state index contributed by atoms with van der Waals surface area (Å²) in [6, 6.07) is 14.1. The maximum absolute atomic E-state index is 13.4. The molecule has 0 saturated carbocycles. The van der Waals surface area contributed by atoms with E-state index in [4.69, 9.17) is 0 Å². The summed E-state index contributed by atoms with van der Waals surface area (Å²) in [5.41, 5.74) is 2.45. The first-order chi connectivity index (χ1) is 17.9. The smallest absolute Gasteiger partial charge is 0.123 e. The zero-order chi connectivity index (χ0) is 26.3. The number of nitrogens with one attached hydrogen (secondary N) is 2. The van der Waals surface area contributed by atoms with E-state index < -0.39 is 0 Å². The van der Waals surface area contributed by atoms with Crippen LogP contribution in [0.1, 0.15) is 68.2 Å². The molecule has 0 amide bonds. The minimum absolute atomic E-state index is 0.165. The van der Waals surface area contributed by atoms with Gasteiger partial charge in [0.2, 0.25) is 0 Å². The van der Waals surface area contributed by atoms with Gasteiger partial charge in [0.05, 0.1) is 6.10 Å². The zero-order valence-electron chi connectivity index (χ0n) is 22.4. The van der Waals surface area contributed by atoms with Crippen LogP contribution in [0.2, 0.25) is 0 Å². The average Bonchev–Trinajstić information content (AvgIpc) is 2.89. The van der Waals surface area contributed by atoms with E-state index in [9.17, 15) is 13.9 Å². The highest BCUT2D eigenvalue weighted by molar-refractivity contribution is 5.21. The van der Waals surface area contributed by atoms with E-state index in [2.05, 4.69) is 20.4 Å². The maximum atomic E-state index is 13.4. The number of benzene rings is 2. The number of likely N-dealkylation sites (tertiary alicyclic amines) is 2. The predicted molar refractivity (Wildman–Crippen MR) is 145 cm³/mol. The van der Waals surface area contributed by atoms with Crippen LogP contribution >= 0.6 is 0 Å². The van der Waals surface area contributed by atoms with E-state index >= 15 is 0 Å². The van der Waals surface area contributed by atoms with E-state index in [1.54, 1.807) is 12.1 Å². The summed E-state index contributed by atoms with van der Waals surface area (Å²) >= 11 is 0. The molecule has 2 saturated heterocycles. The van der Waals surface area contributed by atoms with Gasteiger partial charge >= 0.3 is 0 Å². The first-order valence-corrected chi connectivity index (χ1v) is 13.9. The number of nitrogens with zero attached hydrogens (tertiary/aromatic N) is 2. The van der Waals surface area contributed by atoms with Crippen molar-refractivity contribution in [3.05, 3.63) is 71.3 Å². The van der Waals surface area contributed by atoms with Gasteiger partial charge in [-0.3, -0.25) is 9.80 Å². The standard InChI is InChI=1S/C30H44F2N4O/c1-33-28(23-7-11-25(31)12-8-23)5-3-17-30(36-19-15-27(37)16-20-36)21-35(22-30)18-4-6-29(34-2)24-9-13-26(32)14-10-24/h7-14,27-29,33-34,37H,3-6,15-22H2,1-2H3. The van der Waals surface area contributed by atoms with Crippen LogP contribution in [0, 0.1) is 11.6 Å². The lowest BCUT2D eigenvalue weighted by molar-refractivity contribution is -0.0833. The van der Waals surface area contributed by atoms with E-state index in [0.717, 1.165) is 88.8 Å². The van der Waals surface area contributed by atoms with Gasteiger partial charge in [-0.1, -0.05) is 24.3 Å². The molecule has 3 N–H and O–H groups in total. The van der Waals surface area contributed by atoms with Gasteiger partial charge in [0.25, 0.3) is 0 Å². The molecular formula is C30H44F2N4O. The monoisotopic (exact) mass is 514 g/mol. The van der Waals surface area contributed by atoms with Crippen molar-refractivity contribution in [2.24, 2.45) is 0 Å². The van der Waals surface area contributed by atoms with Gasteiger partial charge in [-0.05, 0) is 101 Å². The number of piperidine rings is 1. The van der Waals surface area contributed by atoms with E-state index in [1.165, 1.54) is 12.1 Å². The molecule has 0 bridgehead atoms. The Balaban J connectivity index is 1.29. The van der Waals surface area contributed by atoms with Crippen LogP contribution in [-0.4, -0.2) is 73.4 Å². The molecular weight excluding hydrogens is 470 g/mol. The molecule has 2 aliphatic heterocycles. The van der Waals surface area contributed by atoms with Gasteiger partial charge in [-0.15, -0.1) is 0 Å². The Kier molecular flexibility index (Phi) is 10.1. The number of hydrogen-bond acceptors (Lipinski definition) is 5. The summed E-state index contributed by atoms with van der Waals surface area (Å²) in [5, 5.41) is 16.9. The van der Waals surface area contributed by atoms with Crippen molar-refractivity contribution in [2.45, 2.75) is 68.7 Å². The molecule has 5 nitrogen and oxygen atoms in total. The van der Waals surface area contributed by atoms with Crippen LogP contribution in [0.3, 0.4) is 0 Å². The van der Waals surface area contributed by atoms with E-state index in [1.807, 2.05) is 38.4 Å². The molecule has 4 rings (SSSR count). The van der Waals surface area contributed by atoms with E-state index in [-0.39, 0.29) is 35.4 Å². The molecule has 2 fully saturated rings. The summed E-state index contributed by atoms with van der Waals surface area (Å²) in [6.45, 7) is 5.14. The SMILES string of the molecule is CNC(CCCN1CC(CCCC(NC)c2ccc(F)cc2)(N2CCC(O)CC2)C1)c1ccc(F)cc1. The van der Waals surface area contributed by atoms with Gasteiger partial charge in [-0.25, -0.2) is 8.78 Å². The van der Waals surface area contributed by atoms with Crippen LogP contribution in [0.15, 0.2) is 48.5 Å². The summed E-state index contributed by atoms with van der Waals surface area (Å²) in [7, 11) is 3.95. The zero-order valence-corrected chi connectivity index (χ0v) is 22.4. The van der Waals surface area contributed by atoms with Crippen LogP contribution in [0.5, 0.6) is 0 Å². The first kappa shape index (κ1) is 28.1. The summed E-state index contributed by atoms with van der Waals surface area (Å²) in [4.78, 5) is 5.20. The molecule has 2 aromatic rings. The lowest BCUT2D eigenvalue weighted by atomic mass is 9.80. The Morgan fingerprint density at radius 2 is 1.32 bits per heavy atom. The molecule has 0 aromatic heterocycles. The molecule has 37 heavy (non-hydrogen) atoms. The van der Waals surface area contributed by atoms with Crippen LogP contribution in [-0.2, 0) is 0 Å². The first-order valence-electron chi connectivity index (χ1n) is 13.9. The molecule has 2 aromatic carbocycles. The Labute approximate surface area is 221 Å². The summed E-state index contributed by atoms with van der Waals surface area (Å²) < 4.78 is 26.7. The molecule has 2 atom stereocenters. The summed E-state index contributed by atoms with van der Waals surface area (Å²) in [5.74, 6) is -0.391. The Hall–Kier alpha value is -1.90. The second-order valence-corrected chi connectivity index (χ2v) is 11.0. The van der Waals surface area contributed by atoms with Crippen molar-refractivity contribution in [2.75, 3.05) is 46.8 Å².